The van der Waals surface area contributed by atoms with Crippen LogP contribution in [0.5, 0.6) is 0 Å². The van der Waals surface area contributed by atoms with E-state index in [9.17, 15) is 0 Å². The van der Waals surface area contributed by atoms with Gasteiger partial charge in [0.15, 0.2) is 17.3 Å². The minimum Gasteiger partial charge on any atom is -0.383 e. The van der Waals surface area contributed by atoms with Crippen molar-refractivity contribution in [3.63, 3.8) is 0 Å². The number of anilines is 1. The van der Waals surface area contributed by atoms with Crippen molar-refractivity contribution in [3.8, 4) is 22.9 Å². The molecule has 5 aromatic rings. The first kappa shape index (κ1) is 17.7. The lowest BCUT2D eigenvalue weighted by molar-refractivity contribution is 0.713. The van der Waals surface area contributed by atoms with E-state index in [1.54, 1.807) is 23.3 Å². The summed E-state index contributed by atoms with van der Waals surface area (Å²) in [5.74, 6) is 1.75. The summed E-state index contributed by atoms with van der Waals surface area (Å²) in [6.45, 7) is 0. The predicted molar refractivity (Wildman–Crippen MR) is 117 cm³/mol. The number of aryl methyl sites for hydroxylation is 1. The Balaban J connectivity index is 1.64. The second-order valence-corrected chi connectivity index (χ2v) is 7.60. The van der Waals surface area contributed by atoms with Crippen molar-refractivity contribution in [2.45, 2.75) is 18.9 Å². The van der Waals surface area contributed by atoms with E-state index in [1.807, 2.05) is 28.8 Å². The first-order chi connectivity index (χ1) is 15.2. The van der Waals surface area contributed by atoms with Gasteiger partial charge in [-0.25, -0.2) is 19.6 Å². The molecular formula is C22H19N9. The molecule has 0 aliphatic heterocycles. The number of hydrogen-bond acceptors (Lipinski definition) is 7. The Kier molecular flexibility index (Phi) is 3.84. The van der Waals surface area contributed by atoms with Crippen molar-refractivity contribution in [1.82, 2.24) is 34.5 Å². The Bertz CT molecular complexity index is 1420. The molecule has 1 aromatic carbocycles. The number of fused-ring (bicyclic) bond motifs is 2. The van der Waals surface area contributed by atoms with Gasteiger partial charge in [0, 0.05) is 17.9 Å². The summed E-state index contributed by atoms with van der Waals surface area (Å²) in [5, 5.41) is 7.94. The summed E-state index contributed by atoms with van der Waals surface area (Å²) in [7, 11) is 0. The van der Waals surface area contributed by atoms with Gasteiger partial charge in [-0.15, -0.1) is 5.10 Å². The van der Waals surface area contributed by atoms with Crippen LogP contribution in [0.1, 0.15) is 23.6 Å². The highest BCUT2D eigenvalue weighted by atomic mass is 15.4. The van der Waals surface area contributed by atoms with Crippen LogP contribution < -0.4 is 11.5 Å². The second kappa shape index (κ2) is 6.71. The Labute approximate surface area is 177 Å². The zero-order chi connectivity index (χ0) is 20.9. The molecular weight excluding hydrogens is 390 g/mol. The number of nitrogens with zero attached hydrogens (tertiary/aromatic N) is 7. The van der Waals surface area contributed by atoms with Crippen molar-refractivity contribution in [3.05, 3.63) is 72.2 Å². The minimum atomic E-state index is 0.0917. The zero-order valence-corrected chi connectivity index (χ0v) is 16.6. The number of rotatable bonds is 3. The van der Waals surface area contributed by atoms with Crippen LogP contribution in [0.4, 0.5) is 5.82 Å². The van der Waals surface area contributed by atoms with Gasteiger partial charge in [-0.2, -0.15) is 0 Å². The third-order valence-electron chi connectivity index (χ3n) is 5.74. The lowest BCUT2D eigenvalue weighted by atomic mass is 10.1. The molecule has 0 fully saturated rings. The summed E-state index contributed by atoms with van der Waals surface area (Å²) in [5.41, 5.74) is 18.1. The van der Waals surface area contributed by atoms with E-state index in [1.165, 1.54) is 11.1 Å². The maximum Gasteiger partial charge on any atom is 0.167 e. The highest BCUT2D eigenvalue weighted by Gasteiger charge is 2.22. The van der Waals surface area contributed by atoms with Gasteiger partial charge in [0.25, 0.3) is 0 Å². The molecule has 0 spiro atoms. The number of benzene rings is 1. The normalized spacial score (nSPS) is 15.5. The molecule has 4 N–H and O–H groups in total. The second-order valence-electron chi connectivity index (χ2n) is 7.60. The molecule has 152 valence electrons. The van der Waals surface area contributed by atoms with Crippen LogP contribution in [0.3, 0.4) is 0 Å². The van der Waals surface area contributed by atoms with Crippen LogP contribution in [0.25, 0.3) is 34.1 Å². The van der Waals surface area contributed by atoms with Gasteiger partial charge >= 0.3 is 0 Å². The molecule has 9 heteroatoms. The third kappa shape index (κ3) is 2.78. The smallest absolute Gasteiger partial charge is 0.167 e. The van der Waals surface area contributed by atoms with E-state index in [0.29, 0.717) is 23.1 Å². The van der Waals surface area contributed by atoms with Crippen LogP contribution in [0.2, 0.25) is 0 Å². The summed E-state index contributed by atoms with van der Waals surface area (Å²) in [6, 6.07) is 14.0. The molecule has 4 heterocycles. The number of hydrogen-bond donors (Lipinski definition) is 2. The van der Waals surface area contributed by atoms with E-state index >= 15 is 0 Å². The molecule has 1 aliphatic rings. The van der Waals surface area contributed by atoms with Crippen molar-refractivity contribution in [2.75, 3.05) is 5.73 Å². The molecule has 1 atom stereocenters. The molecule has 4 aromatic heterocycles. The van der Waals surface area contributed by atoms with Crippen LogP contribution in [0.15, 0.2) is 61.1 Å². The largest absolute Gasteiger partial charge is 0.383 e. The van der Waals surface area contributed by atoms with E-state index in [-0.39, 0.29) is 6.04 Å². The monoisotopic (exact) mass is 409 g/mol. The lowest BCUT2D eigenvalue weighted by Crippen LogP contribution is -2.06. The van der Waals surface area contributed by atoms with Gasteiger partial charge in [0.05, 0.1) is 18.0 Å². The third-order valence-corrected chi connectivity index (χ3v) is 5.74. The number of pyridine rings is 2. The van der Waals surface area contributed by atoms with Gasteiger partial charge in [0.2, 0.25) is 0 Å². The van der Waals surface area contributed by atoms with Gasteiger partial charge in [-0.05, 0) is 60.4 Å². The topological polar surface area (TPSA) is 126 Å². The quantitative estimate of drug-likeness (QED) is 0.469. The summed E-state index contributed by atoms with van der Waals surface area (Å²) in [4.78, 5) is 14.0. The van der Waals surface area contributed by atoms with Crippen LogP contribution in [0, 0.1) is 0 Å². The molecule has 0 saturated carbocycles. The zero-order valence-electron chi connectivity index (χ0n) is 16.6. The van der Waals surface area contributed by atoms with E-state index in [0.717, 1.165) is 29.6 Å². The minimum absolute atomic E-state index is 0.0917. The molecule has 0 bridgehead atoms. The van der Waals surface area contributed by atoms with Gasteiger partial charge in [-0.1, -0.05) is 11.3 Å². The fourth-order valence-corrected chi connectivity index (χ4v) is 4.21. The van der Waals surface area contributed by atoms with Crippen molar-refractivity contribution >= 4 is 17.0 Å². The van der Waals surface area contributed by atoms with Crippen LogP contribution >= 0.6 is 0 Å². The fraction of sp³-hybridized carbons (Fsp3) is 0.136. The molecule has 9 nitrogen and oxygen atoms in total. The summed E-state index contributed by atoms with van der Waals surface area (Å²) < 4.78 is 3.64. The molecule has 6 rings (SSSR count). The van der Waals surface area contributed by atoms with Crippen molar-refractivity contribution < 1.29 is 0 Å². The van der Waals surface area contributed by atoms with Gasteiger partial charge in [0.1, 0.15) is 11.3 Å². The first-order valence-electron chi connectivity index (χ1n) is 10.0. The van der Waals surface area contributed by atoms with Crippen molar-refractivity contribution in [1.29, 1.82) is 0 Å². The summed E-state index contributed by atoms with van der Waals surface area (Å²) in [6.07, 6.45) is 6.96. The number of aromatic nitrogens is 7. The molecule has 0 radical (unpaired) electrons. The van der Waals surface area contributed by atoms with E-state index in [2.05, 4.69) is 33.5 Å². The highest BCUT2D eigenvalue weighted by Crippen LogP contribution is 2.34. The average Bonchev–Trinajstić information content (AvgIpc) is 3.52. The van der Waals surface area contributed by atoms with Crippen LogP contribution in [-0.4, -0.2) is 34.5 Å². The first-order valence-corrected chi connectivity index (χ1v) is 10.0. The molecule has 31 heavy (non-hydrogen) atoms. The Hall–Kier alpha value is -4.11. The SMILES string of the molecule is Nc1ncccc1-c1nc2ccc(-n3ccnn3)nc2n1-c1ccc2c(c1)CC[C@@H]2N. The Morgan fingerprint density at radius 2 is 1.97 bits per heavy atom. The highest BCUT2D eigenvalue weighted by molar-refractivity contribution is 5.83. The number of nitrogens with two attached hydrogens (primary N) is 2. The van der Waals surface area contributed by atoms with Gasteiger partial charge in [-0.3, -0.25) is 4.57 Å². The van der Waals surface area contributed by atoms with E-state index in [4.69, 9.17) is 21.4 Å². The Morgan fingerprint density at radius 3 is 2.81 bits per heavy atom. The van der Waals surface area contributed by atoms with Crippen molar-refractivity contribution in [2.24, 2.45) is 5.73 Å². The fourth-order valence-electron chi connectivity index (χ4n) is 4.21. The number of imidazole rings is 1. The van der Waals surface area contributed by atoms with Crippen LogP contribution in [-0.2, 0) is 6.42 Å². The lowest BCUT2D eigenvalue weighted by Gasteiger charge is -2.13. The predicted octanol–water partition coefficient (Wildman–Crippen LogP) is 2.59. The van der Waals surface area contributed by atoms with E-state index < -0.39 is 0 Å². The maximum atomic E-state index is 6.25. The standard InChI is InChI=1S/C22H19N9/c23-17-6-3-13-12-14(4-5-15(13)17)31-21(16-2-1-9-25-20(16)24)27-18-7-8-19(28-22(18)31)30-11-10-26-29-30/h1-2,4-5,7-12,17H,3,6,23H2,(H2,24,25)/t17-/m0/s1. The Morgan fingerprint density at radius 1 is 1.03 bits per heavy atom. The number of nitrogen functional groups attached to an aromatic ring is 1. The maximum absolute atomic E-state index is 6.25. The molecule has 0 unspecified atom stereocenters. The molecule has 0 amide bonds. The molecule has 0 saturated heterocycles. The molecule has 1 aliphatic carbocycles. The van der Waals surface area contributed by atoms with Gasteiger partial charge < -0.3 is 11.5 Å². The summed E-state index contributed by atoms with van der Waals surface area (Å²) >= 11 is 0. The average molecular weight is 409 g/mol.